The van der Waals surface area contributed by atoms with Gasteiger partial charge in [0.2, 0.25) is 5.89 Å². The summed E-state index contributed by atoms with van der Waals surface area (Å²) in [6.07, 6.45) is -0.675. The Kier molecular flexibility index (Phi) is 4.76. The van der Waals surface area contributed by atoms with Gasteiger partial charge in [0.15, 0.2) is 6.10 Å². The first kappa shape index (κ1) is 17.7. The number of rotatable bonds is 5. The van der Waals surface area contributed by atoms with Crippen LogP contribution < -0.4 is 4.74 Å². The number of carbonyl (C=O) groups excluding carboxylic acids is 1. The number of aromatic nitrogens is 2. The maximum atomic E-state index is 12.7. The summed E-state index contributed by atoms with van der Waals surface area (Å²) in [4.78, 5) is 12.7. The van der Waals surface area contributed by atoms with Gasteiger partial charge in [0.25, 0.3) is 5.89 Å². The van der Waals surface area contributed by atoms with Gasteiger partial charge in [-0.05, 0) is 48.0 Å². The van der Waals surface area contributed by atoms with Crippen LogP contribution in [0, 0.1) is 0 Å². The predicted molar refractivity (Wildman–Crippen MR) is 104 cm³/mol. The molecule has 4 rings (SSSR count). The molecule has 0 unspecified atom stereocenters. The molecule has 0 spiro atoms. The zero-order valence-electron chi connectivity index (χ0n) is 15.5. The fraction of sp³-hybridized carbons (Fsp3) is 0.136. The van der Waals surface area contributed by atoms with Crippen molar-refractivity contribution in [1.29, 1.82) is 0 Å². The second-order valence-electron chi connectivity index (χ2n) is 6.25. The van der Waals surface area contributed by atoms with Gasteiger partial charge in [-0.2, -0.15) is 0 Å². The molecule has 0 fully saturated rings. The van der Waals surface area contributed by atoms with Crippen molar-refractivity contribution in [2.24, 2.45) is 0 Å². The zero-order valence-corrected chi connectivity index (χ0v) is 15.5. The molecule has 1 atom stereocenters. The second-order valence-corrected chi connectivity index (χ2v) is 6.25. The molecule has 0 radical (unpaired) electrons. The van der Waals surface area contributed by atoms with Crippen LogP contribution in [-0.2, 0) is 4.74 Å². The quantitative estimate of drug-likeness (QED) is 0.466. The minimum atomic E-state index is -0.675. The fourth-order valence-corrected chi connectivity index (χ4v) is 2.93. The first-order valence-electron chi connectivity index (χ1n) is 8.82. The lowest BCUT2D eigenvalue weighted by molar-refractivity contribution is 0.0282. The van der Waals surface area contributed by atoms with Gasteiger partial charge >= 0.3 is 5.97 Å². The van der Waals surface area contributed by atoms with E-state index in [0.29, 0.717) is 11.5 Å². The summed E-state index contributed by atoms with van der Waals surface area (Å²) in [6.45, 7) is 1.70. The molecule has 28 heavy (non-hydrogen) atoms. The molecule has 0 N–H and O–H groups in total. The molecule has 1 heterocycles. The fourth-order valence-electron chi connectivity index (χ4n) is 2.93. The third-order valence-corrected chi connectivity index (χ3v) is 4.42. The van der Waals surface area contributed by atoms with Crippen LogP contribution in [0.4, 0.5) is 0 Å². The molecule has 6 nitrogen and oxygen atoms in total. The molecular formula is C22H18N2O4. The van der Waals surface area contributed by atoms with E-state index in [1.165, 1.54) is 0 Å². The smallest absolute Gasteiger partial charge is 0.339 e. The molecule has 0 bridgehead atoms. The van der Waals surface area contributed by atoms with Crippen LogP contribution in [0.25, 0.3) is 22.2 Å². The van der Waals surface area contributed by atoms with E-state index in [4.69, 9.17) is 13.9 Å². The van der Waals surface area contributed by atoms with Gasteiger partial charge in [0, 0.05) is 5.56 Å². The van der Waals surface area contributed by atoms with E-state index in [9.17, 15) is 4.79 Å². The van der Waals surface area contributed by atoms with Gasteiger partial charge in [0.05, 0.1) is 12.7 Å². The van der Waals surface area contributed by atoms with Gasteiger partial charge in [-0.15, -0.1) is 10.2 Å². The van der Waals surface area contributed by atoms with Crippen LogP contribution in [0.2, 0.25) is 0 Å². The Morgan fingerprint density at radius 2 is 1.71 bits per heavy atom. The van der Waals surface area contributed by atoms with Gasteiger partial charge in [0.1, 0.15) is 5.75 Å². The number of nitrogens with zero attached hydrogens (tertiary/aromatic N) is 2. The highest BCUT2D eigenvalue weighted by Gasteiger charge is 2.21. The van der Waals surface area contributed by atoms with Gasteiger partial charge < -0.3 is 13.9 Å². The maximum absolute atomic E-state index is 12.7. The highest BCUT2D eigenvalue weighted by atomic mass is 16.6. The minimum absolute atomic E-state index is 0.236. The molecule has 0 aliphatic rings. The second kappa shape index (κ2) is 7.52. The van der Waals surface area contributed by atoms with Crippen molar-refractivity contribution < 1.29 is 18.7 Å². The van der Waals surface area contributed by atoms with E-state index in [1.807, 2.05) is 60.7 Å². The van der Waals surface area contributed by atoms with Crippen molar-refractivity contribution in [3.05, 3.63) is 78.2 Å². The normalized spacial score (nSPS) is 11.9. The Hall–Kier alpha value is -3.67. The van der Waals surface area contributed by atoms with Crippen molar-refractivity contribution in [3.63, 3.8) is 0 Å². The van der Waals surface area contributed by atoms with Crippen molar-refractivity contribution >= 4 is 16.7 Å². The third-order valence-electron chi connectivity index (χ3n) is 4.42. The summed E-state index contributed by atoms with van der Waals surface area (Å²) in [6, 6.07) is 20.5. The van der Waals surface area contributed by atoms with E-state index in [2.05, 4.69) is 10.2 Å². The molecule has 1 aromatic heterocycles. The van der Waals surface area contributed by atoms with Crippen LogP contribution in [0.5, 0.6) is 5.75 Å². The maximum Gasteiger partial charge on any atom is 0.339 e. The van der Waals surface area contributed by atoms with Crippen molar-refractivity contribution in [3.8, 4) is 17.2 Å². The summed E-state index contributed by atoms with van der Waals surface area (Å²) in [5.74, 6) is 0.888. The number of esters is 1. The molecular weight excluding hydrogens is 356 g/mol. The van der Waals surface area contributed by atoms with Crippen LogP contribution in [0.3, 0.4) is 0 Å². The molecule has 0 aliphatic carbocycles. The van der Waals surface area contributed by atoms with E-state index in [1.54, 1.807) is 20.1 Å². The summed E-state index contributed by atoms with van der Waals surface area (Å²) in [7, 11) is 1.60. The number of hydrogen-bond acceptors (Lipinski definition) is 6. The molecule has 4 aromatic rings. The van der Waals surface area contributed by atoms with E-state index >= 15 is 0 Å². The molecule has 0 saturated carbocycles. The molecule has 140 valence electrons. The van der Waals surface area contributed by atoms with Crippen LogP contribution in [0.1, 0.15) is 29.3 Å². The summed E-state index contributed by atoms with van der Waals surface area (Å²) in [5, 5.41) is 9.88. The Morgan fingerprint density at radius 1 is 0.964 bits per heavy atom. The monoisotopic (exact) mass is 374 g/mol. The average Bonchev–Trinajstić information content (AvgIpc) is 3.24. The van der Waals surface area contributed by atoms with Crippen LogP contribution in [0.15, 0.2) is 71.1 Å². The van der Waals surface area contributed by atoms with Gasteiger partial charge in [-0.1, -0.05) is 36.4 Å². The van der Waals surface area contributed by atoms with Crippen molar-refractivity contribution in [2.75, 3.05) is 7.11 Å². The topological polar surface area (TPSA) is 74.5 Å². The minimum Gasteiger partial charge on any atom is -0.497 e. The van der Waals surface area contributed by atoms with Gasteiger partial charge in [-0.25, -0.2) is 4.79 Å². The lowest BCUT2D eigenvalue weighted by Gasteiger charge is -2.11. The van der Waals surface area contributed by atoms with E-state index in [0.717, 1.165) is 22.1 Å². The Balaban J connectivity index is 1.52. The first-order chi connectivity index (χ1) is 13.7. The highest BCUT2D eigenvalue weighted by molar-refractivity contribution is 6.04. The zero-order chi connectivity index (χ0) is 19.5. The van der Waals surface area contributed by atoms with E-state index < -0.39 is 12.1 Å². The lowest BCUT2D eigenvalue weighted by Crippen LogP contribution is -2.10. The Bertz CT molecular complexity index is 1110. The van der Waals surface area contributed by atoms with Crippen LogP contribution in [-0.4, -0.2) is 23.3 Å². The first-order valence-corrected chi connectivity index (χ1v) is 8.82. The van der Waals surface area contributed by atoms with E-state index in [-0.39, 0.29) is 5.89 Å². The summed E-state index contributed by atoms with van der Waals surface area (Å²) < 4.78 is 16.4. The molecule has 3 aromatic carbocycles. The summed E-state index contributed by atoms with van der Waals surface area (Å²) in [5.41, 5.74) is 1.26. The standard InChI is InChI=1S/C22H18N2O4/c1-14(20-23-24-21(28-20)16-10-12-17(26-2)13-11-16)27-22(25)19-9-5-7-15-6-3-4-8-18(15)19/h3-14H,1-2H3/t14-/m0/s1. The highest BCUT2D eigenvalue weighted by Crippen LogP contribution is 2.26. The lowest BCUT2D eigenvalue weighted by atomic mass is 10.0. The number of hydrogen-bond donors (Lipinski definition) is 0. The average molecular weight is 374 g/mol. The van der Waals surface area contributed by atoms with Crippen LogP contribution >= 0.6 is 0 Å². The Morgan fingerprint density at radius 3 is 2.50 bits per heavy atom. The molecule has 0 saturated heterocycles. The third kappa shape index (κ3) is 3.44. The molecule has 0 aliphatic heterocycles. The number of benzene rings is 3. The summed E-state index contributed by atoms with van der Waals surface area (Å²) >= 11 is 0. The molecule has 6 heteroatoms. The number of carbonyl (C=O) groups is 1. The molecule has 0 amide bonds. The number of ether oxygens (including phenoxy) is 2. The van der Waals surface area contributed by atoms with Gasteiger partial charge in [-0.3, -0.25) is 0 Å². The van der Waals surface area contributed by atoms with Crippen molar-refractivity contribution in [1.82, 2.24) is 10.2 Å². The number of methoxy groups -OCH3 is 1. The SMILES string of the molecule is COc1ccc(-c2nnc([C@H](C)OC(=O)c3cccc4ccccc34)o2)cc1. The van der Waals surface area contributed by atoms with Crippen molar-refractivity contribution in [2.45, 2.75) is 13.0 Å². The largest absolute Gasteiger partial charge is 0.497 e. The number of fused-ring (bicyclic) bond motifs is 1. The Labute approximate surface area is 161 Å². The predicted octanol–water partition coefficient (Wildman–Crippen LogP) is 4.82.